The number of nitrogen functional groups attached to an aromatic ring is 1. The predicted molar refractivity (Wildman–Crippen MR) is 46.7 cm³/mol. The van der Waals surface area contributed by atoms with Crippen LogP contribution in [0.5, 0.6) is 11.6 Å². The molecule has 1 heterocycles. The molecule has 0 amide bonds. The molecule has 0 saturated carbocycles. The third-order valence-electron chi connectivity index (χ3n) is 1.64. The summed E-state index contributed by atoms with van der Waals surface area (Å²) in [5, 5.41) is 0. The molecule has 0 bridgehead atoms. The van der Waals surface area contributed by atoms with E-state index in [9.17, 15) is 8.78 Å². The van der Waals surface area contributed by atoms with Gasteiger partial charge in [-0.3, -0.25) is 0 Å². The predicted octanol–water partition coefficient (Wildman–Crippen LogP) is 1.62. The van der Waals surface area contributed by atoms with Crippen molar-refractivity contribution in [1.82, 2.24) is 4.98 Å². The minimum absolute atomic E-state index is 0.0559. The Balaban J connectivity index is 3.25. The van der Waals surface area contributed by atoms with Crippen molar-refractivity contribution in [3.63, 3.8) is 0 Å². The van der Waals surface area contributed by atoms with Crippen LogP contribution in [0.15, 0.2) is 6.07 Å². The van der Waals surface area contributed by atoms with Crippen LogP contribution in [0.1, 0.15) is 12.1 Å². The molecule has 0 aliphatic carbocycles. The van der Waals surface area contributed by atoms with E-state index in [1.807, 2.05) is 0 Å². The maximum atomic E-state index is 12.3. The van der Waals surface area contributed by atoms with Crippen molar-refractivity contribution in [2.45, 2.75) is 6.43 Å². The fourth-order valence-electron chi connectivity index (χ4n) is 0.963. The second-order valence-corrected chi connectivity index (χ2v) is 2.47. The van der Waals surface area contributed by atoms with E-state index in [0.717, 1.165) is 6.07 Å². The molecule has 1 aromatic rings. The fourth-order valence-corrected chi connectivity index (χ4v) is 0.963. The number of hydrogen-bond donors (Lipinski definition) is 1. The minimum atomic E-state index is -2.68. The van der Waals surface area contributed by atoms with Crippen LogP contribution in [0.4, 0.5) is 14.5 Å². The molecule has 14 heavy (non-hydrogen) atoms. The van der Waals surface area contributed by atoms with Crippen LogP contribution in [-0.4, -0.2) is 19.2 Å². The van der Waals surface area contributed by atoms with E-state index in [1.165, 1.54) is 14.2 Å². The lowest BCUT2D eigenvalue weighted by Gasteiger charge is -2.10. The van der Waals surface area contributed by atoms with Gasteiger partial charge in [0.25, 0.3) is 6.43 Å². The first-order chi connectivity index (χ1) is 6.60. The maximum absolute atomic E-state index is 12.3. The lowest BCUT2D eigenvalue weighted by atomic mass is 10.3. The van der Waals surface area contributed by atoms with E-state index in [2.05, 4.69) is 4.98 Å². The van der Waals surface area contributed by atoms with Crippen LogP contribution in [0.25, 0.3) is 0 Å². The summed E-state index contributed by atoms with van der Waals surface area (Å²) in [5.41, 5.74) is 5.20. The Morgan fingerprint density at radius 2 is 2.00 bits per heavy atom. The number of rotatable bonds is 3. The van der Waals surface area contributed by atoms with E-state index in [0.29, 0.717) is 0 Å². The van der Waals surface area contributed by atoms with Crippen LogP contribution in [0.2, 0.25) is 0 Å². The molecular weight excluding hydrogens is 194 g/mol. The van der Waals surface area contributed by atoms with Gasteiger partial charge in [0.15, 0.2) is 0 Å². The Bertz CT molecular complexity index is 306. The van der Waals surface area contributed by atoms with Crippen molar-refractivity contribution < 1.29 is 18.3 Å². The SMILES string of the molecule is COc1cc(C(F)F)nc(OC)c1N. The van der Waals surface area contributed by atoms with Gasteiger partial charge in [-0.25, -0.2) is 13.8 Å². The highest BCUT2D eigenvalue weighted by atomic mass is 19.3. The van der Waals surface area contributed by atoms with Gasteiger partial charge < -0.3 is 15.2 Å². The molecule has 0 aliphatic rings. The van der Waals surface area contributed by atoms with Gasteiger partial charge in [-0.2, -0.15) is 0 Å². The van der Waals surface area contributed by atoms with Gasteiger partial charge in [-0.05, 0) is 0 Å². The van der Waals surface area contributed by atoms with E-state index in [4.69, 9.17) is 15.2 Å². The molecule has 1 aromatic heterocycles. The average molecular weight is 204 g/mol. The average Bonchev–Trinajstić information content (AvgIpc) is 2.17. The zero-order chi connectivity index (χ0) is 10.7. The summed E-state index contributed by atoms with van der Waals surface area (Å²) in [6.45, 7) is 0. The second kappa shape index (κ2) is 4.08. The lowest BCUT2D eigenvalue weighted by Crippen LogP contribution is -2.02. The molecule has 78 valence electrons. The third kappa shape index (κ3) is 1.84. The first kappa shape index (κ1) is 10.5. The van der Waals surface area contributed by atoms with Crippen LogP contribution in [0, 0.1) is 0 Å². The Morgan fingerprint density at radius 1 is 1.36 bits per heavy atom. The van der Waals surface area contributed by atoms with Crippen molar-refractivity contribution in [3.8, 4) is 11.6 Å². The molecule has 0 fully saturated rings. The maximum Gasteiger partial charge on any atom is 0.280 e. The number of nitrogens with zero attached hydrogens (tertiary/aromatic N) is 1. The molecule has 0 aliphatic heterocycles. The Kier molecular flexibility index (Phi) is 3.06. The first-order valence-corrected chi connectivity index (χ1v) is 3.76. The Hall–Kier alpha value is -1.59. The number of halogens is 2. The zero-order valence-electron chi connectivity index (χ0n) is 7.75. The van der Waals surface area contributed by atoms with Crippen molar-refractivity contribution in [2.75, 3.05) is 20.0 Å². The summed E-state index contributed by atoms with van der Waals surface area (Å²) < 4.78 is 34.2. The van der Waals surface area contributed by atoms with E-state index >= 15 is 0 Å². The summed E-state index contributed by atoms with van der Waals surface area (Å²) in [6, 6.07) is 1.09. The van der Waals surface area contributed by atoms with Gasteiger partial charge in [0.05, 0.1) is 14.2 Å². The first-order valence-electron chi connectivity index (χ1n) is 3.76. The zero-order valence-corrected chi connectivity index (χ0v) is 7.75. The largest absolute Gasteiger partial charge is 0.494 e. The third-order valence-corrected chi connectivity index (χ3v) is 1.64. The van der Waals surface area contributed by atoms with Crippen LogP contribution < -0.4 is 15.2 Å². The molecule has 6 heteroatoms. The second-order valence-electron chi connectivity index (χ2n) is 2.47. The molecule has 0 radical (unpaired) electrons. The highest BCUT2D eigenvalue weighted by Crippen LogP contribution is 2.33. The molecule has 0 atom stereocenters. The number of alkyl halides is 2. The van der Waals surface area contributed by atoms with Gasteiger partial charge >= 0.3 is 0 Å². The van der Waals surface area contributed by atoms with Crippen molar-refractivity contribution in [1.29, 1.82) is 0 Å². The highest BCUT2D eigenvalue weighted by Gasteiger charge is 2.16. The molecule has 0 saturated heterocycles. The number of pyridine rings is 1. The van der Waals surface area contributed by atoms with Gasteiger partial charge in [-0.1, -0.05) is 0 Å². The fraction of sp³-hybridized carbons (Fsp3) is 0.375. The number of ether oxygens (including phenoxy) is 2. The van der Waals surface area contributed by atoms with E-state index < -0.39 is 12.1 Å². The summed E-state index contributed by atoms with van der Waals surface area (Å²) in [6.07, 6.45) is -2.68. The van der Waals surface area contributed by atoms with Crippen LogP contribution in [-0.2, 0) is 0 Å². The number of nitrogens with two attached hydrogens (primary N) is 1. The van der Waals surface area contributed by atoms with Crippen molar-refractivity contribution in [2.24, 2.45) is 0 Å². The molecule has 2 N–H and O–H groups in total. The minimum Gasteiger partial charge on any atom is -0.494 e. The monoisotopic (exact) mass is 204 g/mol. The van der Waals surface area contributed by atoms with Gasteiger partial charge in [0, 0.05) is 6.07 Å². The molecule has 0 spiro atoms. The smallest absolute Gasteiger partial charge is 0.280 e. The molecule has 0 unspecified atom stereocenters. The topological polar surface area (TPSA) is 57.4 Å². The molecule has 1 rings (SSSR count). The van der Waals surface area contributed by atoms with E-state index in [1.54, 1.807) is 0 Å². The molecule has 4 nitrogen and oxygen atoms in total. The summed E-state index contributed by atoms with van der Waals surface area (Å²) in [7, 11) is 2.63. The van der Waals surface area contributed by atoms with Crippen molar-refractivity contribution >= 4 is 5.69 Å². The summed E-state index contributed by atoms with van der Waals surface area (Å²) in [4.78, 5) is 3.52. The number of aromatic nitrogens is 1. The number of methoxy groups -OCH3 is 2. The highest BCUT2D eigenvalue weighted by molar-refractivity contribution is 5.60. The van der Waals surface area contributed by atoms with E-state index in [-0.39, 0.29) is 17.3 Å². The van der Waals surface area contributed by atoms with Gasteiger partial charge in [0.1, 0.15) is 17.1 Å². The summed E-state index contributed by atoms with van der Waals surface area (Å²) >= 11 is 0. The van der Waals surface area contributed by atoms with Crippen molar-refractivity contribution in [3.05, 3.63) is 11.8 Å². The standard InChI is InChI=1S/C8H10F2N2O2/c1-13-5-3-4(7(9)10)12-8(14-2)6(5)11/h3,7H,11H2,1-2H3. The van der Waals surface area contributed by atoms with Gasteiger partial charge in [-0.15, -0.1) is 0 Å². The lowest BCUT2D eigenvalue weighted by molar-refractivity contribution is 0.144. The van der Waals surface area contributed by atoms with Gasteiger partial charge in [0.2, 0.25) is 5.88 Å². The molecular formula is C8H10F2N2O2. The quantitative estimate of drug-likeness (QED) is 0.812. The normalized spacial score (nSPS) is 10.4. The molecule has 0 aromatic carbocycles. The number of anilines is 1. The summed E-state index contributed by atoms with van der Waals surface area (Å²) in [5.74, 6) is 0.0757. The van der Waals surface area contributed by atoms with Crippen LogP contribution >= 0.6 is 0 Å². The van der Waals surface area contributed by atoms with Crippen LogP contribution in [0.3, 0.4) is 0 Å². The number of hydrogen-bond acceptors (Lipinski definition) is 4. The Morgan fingerprint density at radius 3 is 2.43 bits per heavy atom. The Labute approximate surface area is 79.6 Å².